The lowest BCUT2D eigenvalue weighted by molar-refractivity contribution is 0.00922. The second-order valence-electron chi connectivity index (χ2n) is 4.95. The Bertz CT molecular complexity index is 453. The van der Waals surface area contributed by atoms with Crippen molar-refractivity contribution in [2.75, 3.05) is 26.1 Å². The number of hydrogen-bond donors (Lipinski definition) is 1. The van der Waals surface area contributed by atoms with E-state index in [1.54, 1.807) is 20.3 Å². The smallest absolute Gasteiger partial charge is 0.143 e. The van der Waals surface area contributed by atoms with Crippen molar-refractivity contribution in [3.8, 4) is 11.5 Å². The first-order valence-electron chi connectivity index (χ1n) is 6.97. The van der Waals surface area contributed by atoms with Gasteiger partial charge in [-0.3, -0.25) is 0 Å². The molecule has 1 aliphatic rings. The van der Waals surface area contributed by atoms with Crippen molar-refractivity contribution in [2.45, 2.75) is 38.3 Å². The molecule has 0 spiro atoms. The fourth-order valence-corrected chi connectivity index (χ4v) is 2.72. The van der Waals surface area contributed by atoms with Gasteiger partial charge in [0, 0.05) is 24.8 Å². The molecule has 0 radical (unpaired) electrons. The molecule has 1 N–H and O–H groups in total. The van der Waals surface area contributed by atoms with Crippen LogP contribution in [0.3, 0.4) is 0 Å². The van der Waals surface area contributed by atoms with Crippen LogP contribution in [0, 0.1) is 0 Å². The molecule has 2 unspecified atom stereocenters. The Kier molecular flexibility index (Phi) is 5.38. The van der Waals surface area contributed by atoms with Gasteiger partial charge in [-0.2, -0.15) is 0 Å². The predicted molar refractivity (Wildman–Crippen MR) is 81.2 cm³/mol. The molecule has 1 saturated heterocycles. The second kappa shape index (κ2) is 7.04. The summed E-state index contributed by atoms with van der Waals surface area (Å²) in [5.41, 5.74) is 0.913. The molecule has 1 heterocycles. The summed E-state index contributed by atoms with van der Waals surface area (Å²) < 4.78 is 16.3. The van der Waals surface area contributed by atoms with E-state index in [1.807, 2.05) is 6.07 Å². The van der Waals surface area contributed by atoms with Crippen molar-refractivity contribution >= 4 is 17.3 Å². The van der Waals surface area contributed by atoms with Crippen molar-refractivity contribution in [2.24, 2.45) is 0 Å². The summed E-state index contributed by atoms with van der Waals surface area (Å²) in [6.45, 7) is 2.95. The zero-order valence-corrected chi connectivity index (χ0v) is 13.0. The largest absolute Gasteiger partial charge is 0.495 e. The third-order valence-electron chi connectivity index (χ3n) is 3.66. The van der Waals surface area contributed by atoms with Crippen LogP contribution in [0.4, 0.5) is 5.69 Å². The number of halogens is 1. The number of ether oxygens (including phenoxy) is 3. The molecule has 20 heavy (non-hydrogen) atoms. The van der Waals surface area contributed by atoms with Crippen molar-refractivity contribution in [1.82, 2.24) is 0 Å². The molecule has 1 fully saturated rings. The van der Waals surface area contributed by atoms with Gasteiger partial charge in [0.15, 0.2) is 0 Å². The Hall–Kier alpha value is -1.13. The van der Waals surface area contributed by atoms with Gasteiger partial charge in [-0.15, -0.1) is 0 Å². The van der Waals surface area contributed by atoms with Crippen molar-refractivity contribution in [3.63, 3.8) is 0 Å². The van der Waals surface area contributed by atoms with Crippen molar-refractivity contribution < 1.29 is 14.2 Å². The van der Waals surface area contributed by atoms with Gasteiger partial charge in [-0.05, 0) is 19.3 Å². The summed E-state index contributed by atoms with van der Waals surface area (Å²) >= 11 is 6.12. The number of hydrogen-bond acceptors (Lipinski definition) is 4. The van der Waals surface area contributed by atoms with Crippen molar-refractivity contribution in [1.29, 1.82) is 0 Å². The summed E-state index contributed by atoms with van der Waals surface area (Å²) in [4.78, 5) is 0. The SMILES string of the molecule is CCC1CC(Nc2cc(OC)c(Cl)cc2OC)CCO1. The third-order valence-corrected chi connectivity index (χ3v) is 3.95. The summed E-state index contributed by atoms with van der Waals surface area (Å²) in [5, 5.41) is 4.07. The van der Waals surface area contributed by atoms with Gasteiger partial charge < -0.3 is 19.5 Å². The Morgan fingerprint density at radius 2 is 2.05 bits per heavy atom. The maximum Gasteiger partial charge on any atom is 0.143 e. The molecule has 0 aliphatic carbocycles. The van der Waals surface area contributed by atoms with E-state index in [1.165, 1.54) is 0 Å². The number of anilines is 1. The number of methoxy groups -OCH3 is 2. The third kappa shape index (κ3) is 3.49. The van der Waals surface area contributed by atoms with E-state index < -0.39 is 0 Å². The first kappa shape index (κ1) is 15.3. The minimum atomic E-state index is 0.335. The number of benzene rings is 1. The highest BCUT2D eigenvalue weighted by Crippen LogP contribution is 2.37. The maximum absolute atomic E-state index is 6.12. The van der Waals surface area contributed by atoms with Gasteiger partial charge in [-0.1, -0.05) is 18.5 Å². The van der Waals surface area contributed by atoms with E-state index in [0.717, 1.165) is 37.3 Å². The molecule has 112 valence electrons. The van der Waals surface area contributed by atoms with E-state index in [2.05, 4.69) is 12.2 Å². The quantitative estimate of drug-likeness (QED) is 0.899. The van der Waals surface area contributed by atoms with Crippen LogP contribution in [0.5, 0.6) is 11.5 Å². The molecule has 0 aromatic heterocycles. The average Bonchev–Trinajstić information content (AvgIpc) is 2.48. The molecule has 0 amide bonds. The molecular weight excluding hydrogens is 278 g/mol. The van der Waals surface area contributed by atoms with Crippen LogP contribution in [0.1, 0.15) is 26.2 Å². The van der Waals surface area contributed by atoms with Gasteiger partial charge in [-0.25, -0.2) is 0 Å². The first-order valence-corrected chi connectivity index (χ1v) is 7.35. The van der Waals surface area contributed by atoms with Gasteiger partial charge in [0.2, 0.25) is 0 Å². The minimum Gasteiger partial charge on any atom is -0.495 e. The summed E-state index contributed by atoms with van der Waals surface area (Å²) in [7, 11) is 3.25. The van der Waals surface area contributed by atoms with E-state index in [4.69, 9.17) is 25.8 Å². The number of rotatable bonds is 5. The Labute approximate surface area is 125 Å². The molecule has 0 bridgehead atoms. The molecule has 1 aliphatic heterocycles. The Balaban J connectivity index is 2.15. The first-order chi connectivity index (χ1) is 9.67. The van der Waals surface area contributed by atoms with Crippen LogP contribution in [0.15, 0.2) is 12.1 Å². The fraction of sp³-hybridized carbons (Fsp3) is 0.600. The summed E-state index contributed by atoms with van der Waals surface area (Å²) in [6, 6.07) is 4.05. The van der Waals surface area contributed by atoms with Crippen LogP contribution in [-0.4, -0.2) is 33.0 Å². The lowest BCUT2D eigenvalue weighted by Crippen LogP contribution is -2.33. The van der Waals surface area contributed by atoms with Gasteiger partial charge >= 0.3 is 0 Å². The molecule has 0 saturated carbocycles. The lowest BCUT2D eigenvalue weighted by Gasteiger charge is -2.30. The fourth-order valence-electron chi connectivity index (χ4n) is 2.49. The molecule has 4 nitrogen and oxygen atoms in total. The topological polar surface area (TPSA) is 39.7 Å². The average molecular weight is 300 g/mol. The van der Waals surface area contributed by atoms with E-state index in [9.17, 15) is 0 Å². The number of nitrogens with one attached hydrogen (secondary N) is 1. The summed E-state index contributed by atoms with van der Waals surface area (Å²) in [6.07, 6.45) is 3.37. The van der Waals surface area contributed by atoms with E-state index >= 15 is 0 Å². The summed E-state index contributed by atoms with van der Waals surface area (Å²) in [5.74, 6) is 1.38. The Morgan fingerprint density at radius 1 is 1.30 bits per heavy atom. The van der Waals surface area contributed by atoms with Crippen LogP contribution in [0.25, 0.3) is 0 Å². The van der Waals surface area contributed by atoms with E-state index in [-0.39, 0.29) is 0 Å². The molecule has 2 atom stereocenters. The van der Waals surface area contributed by atoms with E-state index in [0.29, 0.717) is 22.9 Å². The zero-order valence-electron chi connectivity index (χ0n) is 12.2. The molecule has 5 heteroatoms. The molecule has 1 aromatic rings. The molecule has 2 rings (SSSR count). The van der Waals surface area contributed by atoms with Gasteiger partial charge in [0.1, 0.15) is 11.5 Å². The monoisotopic (exact) mass is 299 g/mol. The van der Waals surface area contributed by atoms with Gasteiger partial charge in [0.05, 0.1) is 31.0 Å². The normalized spacial score (nSPS) is 22.4. The lowest BCUT2D eigenvalue weighted by atomic mass is 10.0. The standard InChI is InChI=1S/C15H22ClNO3/c1-4-11-7-10(5-6-20-11)17-13-9-14(18-2)12(16)8-15(13)19-3/h8-11,17H,4-7H2,1-3H3. The predicted octanol–water partition coefficient (Wildman–Crippen LogP) is 3.73. The van der Waals surface area contributed by atoms with Crippen LogP contribution < -0.4 is 14.8 Å². The van der Waals surface area contributed by atoms with Crippen LogP contribution in [-0.2, 0) is 4.74 Å². The van der Waals surface area contributed by atoms with Gasteiger partial charge in [0.25, 0.3) is 0 Å². The zero-order chi connectivity index (χ0) is 14.5. The maximum atomic E-state index is 6.12. The van der Waals surface area contributed by atoms with Crippen molar-refractivity contribution in [3.05, 3.63) is 17.2 Å². The molecular formula is C15H22ClNO3. The Morgan fingerprint density at radius 3 is 2.70 bits per heavy atom. The highest BCUT2D eigenvalue weighted by molar-refractivity contribution is 6.32. The minimum absolute atomic E-state index is 0.335. The molecule has 1 aromatic carbocycles. The van der Waals surface area contributed by atoms with Crippen LogP contribution in [0.2, 0.25) is 5.02 Å². The highest BCUT2D eigenvalue weighted by atomic mass is 35.5. The highest BCUT2D eigenvalue weighted by Gasteiger charge is 2.22. The van der Waals surface area contributed by atoms with Crippen LogP contribution >= 0.6 is 11.6 Å². The second-order valence-corrected chi connectivity index (χ2v) is 5.36.